The molecule has 0 unspecified atom stereocenters. The zero-order valence-corrected chi connectivity index (χ0v) is 10.2. The average molecular weight is 199 g/mol. The Morgan fingerprint density at radius 3 is 2.14 bits per heavy atom. The second-order valence-electron chi connectivity index (χ2n) is 3.89. The van der Waals surface area contributed by atoms with Crippen molar-refractivity contribution < 1.29 is 0 Å². The zero-order valence-electron chi connectivity index (χ0n) is 10.2. The summed E-state index contributed by atoms with van der Waals surface area (Å²) in [6.07, 6.45) is 3.59. The summed E-state index contributed by atoms with van der Waals surface area (Å²) in [6.45, 7) is 11.7. The molecule has 0 aromatic heterocycles. The van der Waals surface area contributed by atoms with Crippen LogP contribution in [0.4, 0.5) is 0 Å². The van der Waals surface area contributed by atoms with E-state index in [4.69, 9.17) is 5.73 Å². The molecule has 0 saturated heterocycles. The largest absolute Gasteiger partial charge is 0.351 e. The van der Waals surface area contributed by atoms with Crippen molar-refractivity contribution in [1.29, 1.82) is 0 Å². The van der Waals surface area contributed by atoms with Crippen LogP contribution in [0.5, 0.6) is 0 Å². The fourth-order valence-electron chi connectivity index (χ4n) is 0.744. The lowest BCUT2D eigenvalue weighted by Crippen LogP contribution is -2.37. The molecule has 0 aliphatic carbocycles. The second-order valence-corrected chi connectivity index (χ2v) is 3.89. The number of hydrogen-bond donors (Lipinski definition) is 2. The minimum absolute atomic E-state index is 0.217. The van der Waals surface area contributed by atoms with Crippen LogP contribution in [-0.4, -0.2) is 18.4 Å². The molecule has 3 N–H and O–H groups in total. The highest BCUT2D eigenvalue weighted by Crippen LogP contribution is 2.03. The number of rotatable bonds is 3. The molecule has 84 valence electrons. The summed E-state index contributed by atoms with van der Waals surface area (Å²) < 4.78 is 0. The topological polar surface area (TPSA) is 50.4 Å². The van der Waals surface area contributed by atoms with Crippen molar-refractivity contribution in [3.63, 3.8) is 0 Å². The van der Waals surface area contributed by atoms with E-state index in [1.54, 1.807) is 13.2 Å². The van der Waals surface area contributed by atoms with Crippen LogP contribution in [-0.2, 0) is 0 Å². The lowest BCUT2D eigenvalue weighted by atomic mass is 10.0. The van der Waals surface area contributed by atoms with E-state index < -0.39 is 0 Å². The SMILES string of the molecule is C=CNC(CC(C)(C)N)=NC.CCC. The maximum atomic E-state index is 5.79. The fraction of sp³-hybridized carbons (Fsp3) is 0.727. The predicted octanol–water partition coefficient (Wildman–Crippen LogP) is 2.29. The number of nitrogens with zero attached hydrogens (tertiary/aromatic N) is 1. The van der Waals surface area contributed by atoms with Crippen LogP contribution in [0.25, 0.3) is 0 Å². The van der Waals surface area contributed by atoms with Crippen LogP contribution in [0.15, 0.2) is 17.8 Å². The van der Waals surface area contributed by atoms with Crippen LogP contribution >= 0.6 is 0 Å². The van der Waals surface area contributed by atoms with Crippen molar-refractivity contribution in [1.82, 2.24) is 5.32 Å². The summed E-state index contributed by atoms with van der Waals surface area (Å²) in [6, 6.07) is 0. The normalized spacial score (nSPS) is 11.4. The van der Waals surface area contributed by atoms with Crippen LogP contribution < -0.4 is 11.1 Å². The number of aliphatic imine (C=N–C) groups is 1. The minimum Gasteiger partial charge on any atom is -0.351 e. The van der Waals surface area contributed by atoms with E-state index in [0.29, 0.717) is 0 Å². The van der Waals surface area contributed by atoms with Gasteiger partial charge in [-0.25, -0.2) is 0 Å². The van der Waals surface area contributed by atoms with Crippen LogP contribution in [0.1, 0.15) is 40.5 Å². The molecule has 0 amide bonds. The Labute approximate surface area is 88.5 Å². The molecule has 0 aromatic rings. The Bertz CT molecular complexity index is 166. The van der Waals surface area contributed by atoms with Gasteiger partial charge in [0.25, 0.3) is 0 Å². The van der Waals surface area contributed by atoms with E-state index in [9.17, 15) is 0 Å². The van der Waals surface area contributed by atoms with Crippen LogP contribution in [0.2, 0.25) is 0 Å². The van der Waals surface area contributed by atoms with Gasteiger partial charge in [0.15, 0.2) is 0 Å². The number of hydrogen-bond acceptors (Lipinski definition) is 2. The quantitative estimate of drug-likeness (QED) is 0.541. The molecule has 0 atom stereocenters. The third-order valence-corrected chi connectivity index (χ3v) is 1.16. The van der Waals surface area contributed by atoms with E-state index in [2.05, 4.69) is 30.7 Å². The van der Waals surface area contributed by atoms with Crippen LogP contribution in [0.3, 0.4) is 0 Å². The average Bonchev–Trinajstić information content (AvgIpc) is 2.02. The lowest BCUT2D eigenvalue weighted by molar-refractivity contribution is 0.537. The van der Waals surface area contributed by atoms with Crippen molar-refractivity contribution in [2.24, 2.45) is 10.7 Å². The molecule has 0 aliphatic heterocycles. The molecule has 0 bridgehead atoms. The summed E-state index contributed by atoms with van der Waals surface area (Å²) in [4.78, 5) is 4.02. The Morgan fingerprint density at radius 1 is 1.50 bits per heavy atom. The molecule has 0 aromatic carbocycles. The van der Waals surface area contributed by atoms with Crippen molar-refractivity contribution in [3.05, 3.63) is 12.8 Å². The van der Waals surface area contributed by atoms with Gasteiger partial charge in [0.05, 0.1) is 0 Å². The highest BCUT2D eigenvalue weighted by molar-refractivity contribution is 5.83. The van der Waals surface area contributed by atoms with Gasteiger partial charge < -0.3 is 11.1 Å². The van der Waals surface area contributed by atoms with Gasteiger partial charge in [0.1, 0.15) is 5.84 Å². The number of nitrogens with two attached hydrogens (primary N) is 1. The fourth-order valence-corrected chi connectivity index (χ4v) is 0.744. The molecule has 0 radical (unpaired) electrons. The van der Waals surface area contributed by atoms with Crippen molar-refractivity contribution in [3.8, 4) is 0 Å². The maximum Gasteiger partial charge on any atom is 0.102 e. The monoisotopic (exact) mass is 199 g/mol. The first-order valence-electron chi connectivity index (χ1n) is 5.03. The zero-order chi connectivity index (χ0) is 11.6. The molecule has 3 heteroatoms. The van der Waals surface area contributed by atoms with Crippen molar-refractivity contribution in [2.45, 2.75) is 46.1 Å². The second kappa shape index (κ2) is 8.75. The number of nitrogens with one attached hydrogen (secondary N) is 1. The summed E-state index contributed by atoms with van der Waals surface area (Å²) in [5.41, 5.74) is 5.57. The van der Waals surface area contributed by atoms with Gasteiger partial charge in [0, 0.05) is 19.0 Å². The van der Waals surface area contributed by atoms with Gasteiger partial charge in [-0.15, -0.1) is 0 Å². The van der Waals surface area contributed by atoms with Gasteiger partial charge in [-0.05, 0) is 20.0 Å². The summed E-state index contributed by atoms with van der Waals surface area (Å²) >= 11 is 0. The first kappa shape index (κ1) is 15.6. The van der Waals surface area contributed by atoms with Gasteiger partial charge in [0.2, 0.25) is 0 Å². The van der Waals surface area contributed by atoms with Crippen molar-refractivity contribution >= 4 is 5.84 Å². The third-order valence-electron chi connectivity index (χ3n) is 1.16. The summed E-state index contributed by atoms with van der Waals surface area (Å²) in [7, 11) is 1.73. The first-order valence-corrected chi connectivity index (χ1v) is 5.03. The van der Waals surface area contributed by atoms with Gasteiger partial charge >= 0.3 is 0 Å². The molecule has 14 heavy (non-hydrogen) atoms. The first-order chi connectivity index (χ1) is 6.41. The predicted molar refractivity (Wildman–Crippen MR) is 65.5 cm³/mol. The number of amidine groups is 1. The highest BCUT2D eigenvalue weighted by atomic mass is 15.0. The van der Waals surface area contributed by atoms with E-state index in [-0.39, 0.29) is 5.54 Å². The third kappa shape index (κ3) is 13.7. The Balaban J connectivity index is 0. The van der Waals surface area contributed by atoms with Gasteiger partial charge in [-0.2, -0.15) is 0 Å². The lowest BCUT2D eigenvalue weighted by Gasteiger charge is -2.18. The van der Waals surface area contributed by atoms with Gasteiger partial charge in [-0.3, -0.25) is 4.99 Å². The Hall–Kier alpha value is -0.830. The molecule has 0 saturated carbocycles. The Kier molecular flexibility index (Phi) is 9.78. The highest BCUT2D eigenvalue weighted by Gasteiger charge is 2.13. The molecular weight excluding hydrogens is 174 g/mol. The van der Waals surface area contributed by atoms with Crippen molar-refractivity contribution in [2.75, 3.05) is 7.05 Å². The minimum atomic E-state index is -0.217. The van der Waals surface area contributed by atoms with Crippen LogP contribution in [0, 0.1) is 0 Å². The van der Waals surface area contributed by atoms with E-state index >= 15 is 0 Å². The smallest absolute Gasteiger partial charge is 0.102 e. The van der Waals surface area contributed by atoms with E-state index in [0.717, 1.165) is 12.3 Å². The maximum absolute atomic E-state index is 5.79. The summed E-state index contributed by atoms with van der Waals surface area (Å²) in [5, 5.41) is 2.92. The molecule has 0 aliphatic rings. The molecular formula is C11H25N3. The Morgan fingerprint density at radius 2 is 1.93 bits per heavy atom. The van der Waals surface area contributed by atoms with E-state index in [1.807, 2.05) is 13.8 Å². The molecule has 3 nitrogen and oxygen atoms in total. The molecule has 0 rings (SSSR count). The molecule has 0 fully saturated rings. The summed E-state index contributed by atoms with van der Waals surface area (Å²) in [5.74, 6) is 0.868. The standard InChI is InChI=1S/C8H17N3.C3H8/c1-5-11-7(10-4)6-8(2,3)9;1-3-2/h5H,1,6,9H2,2-4H3,(H,10,11);3H2,1-2H3. The molecule has 0 heterocycles. The van der Waals surface area contributed by atoms with E-state index in [1.165, 1.54) is 6.42 Å². The molecule has 0 spiro atoms. The van der Waals surface area contributed by atoms with Gasteiger partial charge in [-0.1, -0.05) is 26.8 Å².